The van der Waals surface area contributed by atoms with Gasteiger partial charge in [-0.1, -0.05) is 188 Å². The fourth-order valence-electron chi connectivity index (χ4n) is 8.97. The van der Waals surface area contributed by atoms with Crippen molar-refractivity contribution < 1.29 is 0 Å². The van der Waals surface area contributed by atoms with Gasteiger partial charge in [0, 0.05) is 33.0 Å². The van der Waals surface area contributed by atoms with Gasteiger partial charge in [-0.2, -0.15) is 0 Å². The molecule has 2 heteroatoms. The Morgan fingerprint density at radius 1 is 0.283 bits per heavy atom. The Kier molecular flexibility index (Phi) is 8.87. The van der Waals surface area contributed by atoms with Gasteiger partial charge in [0.2, 0.25) is 0 Å². The first kappa shape index (κ1) is 35.2. The van der Waals surface area contributed by atoms with Crippen LogP contribution in [-0.4, -0.2) is 4.57 Å². The normalized spacial score (nSPS) is 11.3. The Bertz CT molecular complexity index is 3210. The first-order chi connectivity index (χ1) is 29.8. The lowest BCUT2D eigenvalue weighted by Gasteiger charge is -2.29. The number of anilines is 3. The molecule has 0 atom stereocenters. The molecule has 0 aliphatic carbocycles. The van der Waals surface area contributed by atoms with Crippen molar-refractivity contribution in [1.29, 1.82) is 0 Å². The monoisotopic (exact) mass is 764 g/mol. The number of hydrogen-bond acceptors (Lipinski definition) is 1. The number of fused-ring (bicyclic) bond motifs is 4. The lowest BCUT2D eigenvalue weighted by molar-refractivity contribution is 1.18. The molecule has 11 aromatic rings. The quantitative estimate of drug-likeness (QED) is 0.150. The van der Waals surface area contributed by atoms with Crippen LogP contribution < -0.4 is 4.90 Å². The minimum Gasteiger partial charge on any atom is -0.309 e. The molecule has 282 valence electrons. The number of nitrogens with zero attached hydrogens (tertiary/aromatic N) is 2. The van der Waals surface area contributed by atoms with E-state index in [1.807, 2.05) is 0 Å². The maximum absolute atomic E-state index is 2.46. The third-order valence-electron chi connectivity index (χ3n) is 11.8. The minimum absolute atomic E-state index is 1.09. The van der Waals surface area contributed by atoms with E-state index in [1.54, 1.807) is 0 Å². The van der Waals surface area contributed by atoms with E-state index in [0.717, 1.165) is 33.9 Å². The van der Waals surface area contributed by atoms with Crippen LogP contribution in [-0.2, 0) is 0 Å². The van der Waals surface area contributed by atoms with E-state index in [0.29, 0.717) is 0 Å². The summed E-state index contributed by atoms with van der Waals surface area (Å²) in [5, 5.41) is 4.86. The molecule has 2 nitrogen and oxygen atoms in total. The predicted molar refractivity (Wildman–Crippen MR) is 255 cm³/mol. The molecule has 0 saturated heterocycles. The molecule has 0 radical (unpaired) electrons. The van der Waals surface area contributed by atoms with Gasteiger partial charge in [-0.15, -0.1) is 0 Å². The Hall–Kier alpha value is -7.94. The zero-order chi connectivity index (χ0) is 39.8. The summed E-state index contributed by atoms with van der Waals surface area (Å²) in [4.78, 5) is 2.44. The molecule has 0 spiro atoms. The summed E-state index contributed by atoms with van der Waals surface area (Å²) in [6, 6.07) is 87.9. The van der Waals surface area contributed by atoms with Crippen LogP contribution in [0.25, 0.3) is 82.8 Å². The van der Waals surface area contributed by atoms with Crippen LogP contribution in [0.15, 0.2) is 243 Å². The van der Waals surface area contributed by atoms with Crippen molar-refractivity contribution in [1.82, 2.24) is 4.57 Å². The van der Waals surface area contributed by atoms with Gasteiger partial charge in [-0.05, 0) is 93.4 Å². The fraction of sp³-hybridized carbons (Fsp3) is 0. The van der Waals surface area contributed by atoms with Crippen LogP contribution in [0.2, 0.25) is 0 Å². The van der Waals surface area contributed by atoms with Crippen molar-refractivity contribution in [3.8, 4) is 50.2 Å². The molecule has 11 rings (SSSR count). The Morgan fingerprint density at radius 3 is 1.47 bits per heavy atom. The smallest absolute Gasteiger partial charge is 0.0541 e. The Labute approximate surface area is 350 Å². The summed E-state index contributed by atoms with van der Waals surface area (Å²) in [6.07, 6.45) is 0. The molecule has 0 saturated carbocycles. The van der Waals surface area contributed by atoms with Crippen molar-refractivity contribution in [2.75, 3.05) is 4.90 Å². The molecular weight excluding hydrogens is 725 g/mol. The minimum atomic E-state index is 1.09. The van der Waals surface area contributed by atoms with Crippen molar-refractivity contribution in [3.63, 3.8) is 0 Å². The van der Waals surface area contributed by atoms with Crippen LogP contribution in [0.4, 0.5) is 17.1 Å². The molecule has 0 fully saturated rings. The molecule has 0 N–H and O–H groups in total. The second-order valence-electron chi connectivity index (χ2n) is 15.3. The molecule has 0 amide bonds. The Morgan fingerprint density at radius 2 is 0.783 bits per heavy atom. The number of aromatic nitrogens is 1. The van der Waals surface area contributed by atoms with E-state index in [4.69, 9.17) is 0 Å². The molecule has 10 aromatic carbocycles. The predicted octanol–water partition coefficient (Wildman–Crippen LogP) is 16.1. The SMILES string of the molecule is c1ccc(-c2ccc3c(c2)c2cc(-c4ccccc4)ccc2n3-c2ccccc2-c2cccc(N(c3ccccc3-c3ccccc3)c3cccc4ccccc34)c2)cc1. The Balaban J connectivity index is 1.12. The maximum atomic E-state index is 2.46. The molecule has 0 aliphatic rings. The summed E-state index contributed by atoms with van der Waals surface area (Å²) in [6.45, 7) is 0. The van der Waals surface area contributed by atoms with Gasteiger partial charge in [0.15, 0.2) is 0 Å². The standard InChI is InChI=1S/C58H40N2/c1-4-18-41(19-5-1)45-34-36-57-52(39-45)53-40-46(42-20-6-2-7-21-42)35-37-58(53)60(57)56-32-15-13-30-51(56)47-26-16-27-48(38-47)59(55-33-17-25-44-24-10-11-28-50(44)55)54-31-14-12-29-49(54)43-22-8-3-9-23-43/h1-40H. The van der Waals surface area contributed by atoms with Gasteiger partial charge in [0.1, 0.15) is 0 Å². The van der Waals surface area contributed by atoms with E-state index in [1.165, 1.54) is 66.0 Å². The molecule has 0 unspecified atom stereocenters. The van der Waals surface area contributed by atoms with Gasteiger partial charge >= 0.3 is 0 Å². The summed E-state index contributed by atoms with van der Waals surface area (Å²) in [5.74, 6) is 0. The summed E-state index contributed by atoms with van der Waals surface area (Å²) in [7, 11) is 0. The highest BCUT2D eigenvalue weighted by Crippen LogP contribution is 2.45. The van der Waals surface area contributed by atoms with E-state index < -0.39 is 0 Å². The number of rotatable bonds is 8. The zero-order valence-electron chi connectivity index (χ0n) is 33.0. The number of benzene rings is 10. The van der Waals surface area contributed by atoms with E-state index in [9.17, 15) is 0 Å². The summed E-state index contributed by atoms with van der Waals surface area (Å²) in [5.41, 5.74) is 16.3. The average molecular weight is 765 g/mol. The second-order valence-corrected chi connectivity index (χ2v) is 15.3. The van der Waals surface area contributed by atoms with Crippen molar-refractivity contribution in [2.45, 2.75) is 0 Å². The highest BCUT2D eigenvalue weighted by molar-refractivity contribution is 6.12. The topological polar surface area (TPSA) is 8.17 Å². The third-order valence-corrected chi connectivity index (χ3v) is 11.8. The van der Waals surface area contributed by atoms with Gasteiger partial charge in [0.05, 0.1) is 28.1 Å². The lowest BCUT2D eigenvalue weighted by atomic mass is 9.99. The van der Waals surface area contributed by atoms with Gasteiger partial charge in [-0.25, -0.2) is 0 Å². The van der Waals surface area contributed by atoms with E-state index >= 15 is 0 Å². The maximum Gasteiger partial charge on any atom is 0.0541 e. The molecule has 0 bridgehead atoms. The van der Waals surface area contributed by atoms with Gasteiger partial charge in [-0.3, -0.25) is 0 Å². The van der Waals surface area contributed by atoms with Crippen LogP contribution in [0.1, 0.15) is 0 Å². The number of hydrogen-bond donors (Lipinski definition) is 0. The van der Waals surface area contributed by atoms with Crippen LogP contribution >= 0.6 is 0 Å². The largest absolute Gasteiger partial charge is 0.309 e. The average Bonchev–Trinajstić information content (AvgIpc) is 3.65. The first-order valence-electron chi connectivity index (χ1n) is 20.6. The first-order valence-corrected chi connectivity index (χ1v) is 20.6. The van der Waals surface area contributed by atoms with Gasteiger partial charge < -0.3 is 9.47 Å². The summed E-state index contributed by atoms with van der Waals surface area (Å²) < 4.78 is 2.46. The molecule has 60 heavy (non-hydrogen) atoms. The zero-order valence-corrected chi connectivity index (χ0v) is 33.0. The molecule has 0 aliphatic heterocycles. The highest BCUT2D eigenvalue weighted by atomic mass is 15.1. The lowest BCUT2D eigenvalue weighted by Crippen LogP contribution is -2.12. The van der Waals surface area contributed by atoms with Crippen LogP contribution in [0, 0.1) is 0 Å². The van der Waals surface area contributed by atoms with Crippen molar-refractivity contribution in [3.05, 3.63) is 243 Å². The summed E-state index contributed by atoms with van der Waals surface area (Å²) >= 11 is 0. The number of para-hydroxylation sites is 2. The van der Waals surface area contributed by atoms with Crippen LogP contribution in [0.3, 0.4) is 0 Å². The van der Waals surface area contributed by atoms with Crippen molar-refractivity contribution in [2.24, 2.45) is 0 Å². The second kappa shape index (κ2) is 15.1. The highest BCUT2D eigenvalue weighted by Gasteiger charge is 2.21. The van der Waals surface area contributed by atoms with Crippen LogP contribution in [0.5, 0.6) is 0 Å². The molecule has 1 heterocycles. The molecule has 1 aromatic heterocycles. The molecular formula is C58H40N2. The van der Waals surface area contributed by atoms with Gasteiger partial charge in [0.25, 0.3) is 0 Å². The van der Waals surface area contributed by atoms with Crippen molar-refractivity contribution >= 4 is 49.6 Å². The van der Waals surface area contributed by atoms with E-state index in [-0.39, 0.29) is 0 Å². The fourth-order valence-corrected chi connectivity index (χ4v) is 8.97. The third kappa shape index (κ3) is 6.23. The van der Waals surface area contributed by atoms with E-state index in [2.05, 4.69) is 252 Å².